The molecule has 1 aliphatic rings. The molecule has 0 radical (unpaired) electrons. The third-order valence-electron chi connectivity index (χ3n) is 3.99. The van der Waals surface area contributed by atoms with Crippen molar-refractivity contribution in [1.82, 2.24) is 15.6 Å². The van der Waals surface area contributed by atoms with Crippen LogP contribution in [0.5, 0.6) is 17.4 Å². The summed E-state index contributed by atoms with van der Waals surface area (Å²) in [6.45, 7) is 1.74. The molecule has 2 N–H and O–H groups in total. The Morgan fingerprint density at radius 1 is 1.20 bits per heavy atom. The first-order valence-electron chi connectivity index (χ1n) is 8.47. The molecule has 1 fully saturated rings. The first-order valence-corrected chi connectivity index (χ1v) is 8.47. The van der Waals surface area contributed by atoms with Crippen LogP contribution in [-0.2, 0) is 11.3 Å². The van der Waals surface area contributed by atoms with E-state index in [9.17, 15) is 4.79 Å². The van der Waals surface area contributed by atoms with Crippen LogP contribution in [0.2, 0.25) is 0 Å². The number of nitrogens with one attached hydrogen (secondary N) is 2. The van der Waals surface area contributed by atoms with Gasteiger partial charge in [-0.2, -0.15) is 0 Å². The van der Waals surface area contributed by atoms with Crippen molar-refractivity contribution >= 4 is 5.91 Å². The molecule has 1 heterocycles. The van der Waals surface area contributed by atoms with Crippen molar-refractivity contribution in [1.29, 1.82) is 0 Å². The van der Waals surface area contributed by atoms with Crippen LogP contribution in [0.25, 0.3) is 0 Å². The van der Waals surface area contributed by atoms with Crippen LogP contribution < -0.4 is 20.1 Å². The fourth-order valence-electron chi connectivity index (χ4n) is 2.36. The lowest BCUT2D eigenvalue weighted by Gasteiger charge is -2.09. The smallest absolute Gasteiger partial charge is 0.234 e. The number of benzene rings is 1. The fraction of sp³-hybridized carbons (Fsp3) is 0.368. The van der Waals surface area contributed by atoms with Crippen molar-refractivity contribution in [2.45, 2.75) is 19.4 Å². The SMILES string of the molecule is COc1ccc(Oc2cc(CNC(=O)CNCC3CC3)ccn2)cc1. The van der Waals surface area contributed by atoms with E-state index in [4.69, 9.17) is 9.47 Å². The third kappa shape index (κ3) is 5.76. The van der Waals surface area contributed by atoms with Gasteiger partial charge in [-0.25, -0.2) is 4.98 Å². The average molecular weight is 341 g/mol. The first-order chi connectivity index (χ1) is 12.2. The highest BCUT2D eigenvalue weighted by atomic mass is 16.5. The lowest BCUT2D eigenvalue weighted by Crippen LogP contribution is -2.34. The Bertz CT molecular complexity index is 699. The molecule has 2 aromatic rings. The van der Waals surface area contributed by atoms with Crippen LogP contribution in [0.1, 0.15) is 18.4 Å². The van der Waals surface area contributed by atoms with Gasteiger partial charge in [-0.3, -0.25) is 4.79 Å². The van der Waals surface area contributed by atoms with Crippen LogP contribution in [0.4, 0.5) is 0 Å². The van der Waals surface area contributed by atoms with E-state index in [1.165, 1.54) is 12.8 Å². The number of hydrogen-bond donors (Lipinski definition) is 2. The highest BCUT2D eigenvalue weighted by Crippen LogP contribution is 2.27. The molecule has 1 saturated carbocycles. The van der Waals surface area contributed by atoms with E-state index in [1.54, 1.807) is 13.3 Å². The van der Waals surface area contributed by atoms with E-state index < -0.39 is 0 Å². The lowest BCUT2D eigenvalue weighted by atomic mass is 10.2. The van der Waals surface area contributed by atoms with Crippen molar-refractivity contribution in [3.8, 4) is 17.4 Å². The Morgan fingerprint density at radius 3 is 2.68 bits per heavy atom. The highest BCUT2D eigenvalue weighted by Gasteiger charge is 2.20. The second-order valence-corrected chi connectivity index (χ2v) is 6.13. The zero-order chi connectivity index (χ0) is 17.5. The first kappa shape index (κ1) is 17.2. The maximum atomic E-state index is 11.8. The average Bonchev–Trinajstić information content (AvgIpc) is 3.45. The minimum Gasteiger partial charge on any atom is -0.497 e. The topological polar surface area (TPSA) is 72.5 Å². The summed E-state index contributed by atoms with van der Waals surface area (Å²) in [5, 5.41) is 6.08. The van der Waals surface area contributed by atoms with Gasteiger partial charge in [0.2, 0.25) is 11.8 Å². The Kier molecular flexibility index (Phi) is 5.85. The van der Waals surface area contributed by atoms with Crippen LogP contribution in [0.3, 0.4) is 0 Å². The largest absolute Gasteiger partial charge is 0.497 e. The molecular formula is C19H23N3O3. The van der Waals surface area contributed by atoms with Gasteiger partial charge in [0, 0.05) is 18.8 Å². The second kappa shape index (κ2) is 8.48. The summed E-state index contributed by atoms with van der Waals surface area (Å²) in [4.78, 5) is 16.0. The molecule has 0 aliphatic heterocycles. The number of amides is 1. The quantitative estimate of drug-likeness (QED) is 0.733. The molecule has 6 nitrogen and oxygen atoms in total. The number of ether oxygens (including phenoxy) is 2. The molecule has 1 aliphatic carbocycles. The zero-order valence-electron chi connectivity index (χ0n) is 14.3. The molecule has 0 atom stereocenters. The molecule has 0 bridgehead atoms. The molecule has 1 aromatic carbocycles. The van der Waals surface area contributed by atoms with Gasteiger partial charge in [-0.05, 0) is 61.2 Å². The summed E-state index contributed by atoms with van der Waals surface area (Å²) >= 11 is 0. The van der Waals surface area contributed by atoms with Crippen molar-refractivity contribution < 1.29 is 14.3 Å². The molecule has 3 rings (SSSR count). The number of carbonyl (C=O) groups is 1. The lowest BCUT2D eigenvalue weighted by molar-refractivity contribution is -0.120. The molecule has 1 amide bonds. The maximum absolute atomic E-state index is 11.8. The number of rotatable bonds is 9. The molecular weight excluding hydrogens is 318 g/mol. The monoisotopic (exact) mass is 341 g/mol. The summed E-state index contributed by atoms with van der Waals surface area (Å²) in [6, 6.07) is 11.0. The summed E-state index contributed by atoms with van der Waals surface area (Å²) < 4.78 is 10.9. The van der Waals surface area contributed by atoms with Crippen molar-refractivity contribution in [3.05, 3.63) is 48.2 Å². The van der Waals surface area contributed by atoms with E-state index in [-0.39, 0.29) is 5.91 Å². The normalized spacial score (nSPS) is 13.3. The van der Waals surface area contributed by atoms with Gasteiger partial charge in [-0.15, -0.1) is 0 Å². The van der Waals surface area contributed by atoms with E-state index in [1.807, 2.05) is 36.4 Å². The van der Waals surface area contributed by atoms with Gasteiger partial charge in [0.25, 0.3) is 0 Å². The predicted molar refractivity (Wildman–Crippen MR) is 94.7 cm³/mol. The Balaban J connectivity index is 1.47. The number of aromatic nitrogens is 1. The summed E-state index contributed by atoms with van der Waals surface area (Å²) in [5.74, 6) is 2.70. The van der Waals surface area contributed by atoms with Gasteiger partial charge >= 0.3 is 0 Å². The molecule has 132 valence electrons. The Labute approximate surface area is 147 Å². The van der Waals surface area contributed by atoms with Gasteiger partial charge in [0.1, 0.15) is 11.5 Å². The van der Waals surface area contributed by atoms with Crippen LogP contribution in [0, 0.1) is 5.92 Å². The van der Waals surface area contributed by atoms with E-state index in [0.29, 0.717) is 24.7 Å². The predicted octanol–water partition coefficient (Wildman–Crippen LogP) is 2.50. The van der Waals surface area contributed by atoms with Crippen molar-refractivity contribution in [2.24, 2.45) is 5.92 Å². The number of nitrogens with zero attached hydrogens (tertiary/aromatic N) is 1. The minimum absolute atomic E-state index is 0.00455. The molecule has 0 saturated heterocycles. The molecule has 25 heavy (non-hydrogen) atoms. The van der Waals surface area contributed by atoms with Gasteiger partial charge in [0.15, 0.2) is 0 Å². The van der Waals surface area contributed by atoms with Crippen LogP contribution >= 0.6 is 0 Å². The van der Waals surface area contributed by atoms with E-state index in [2.05, 4.69) is 15.6 Å². The van der Waals surface area contributed by atoms with Crippen molar-refractivity contribution in [3.63, 3.8) is 0 Å². The Morgan fingerprint density at radius 2 is 1.96 bits per heavy atom. The number of methoxy groups -OCH3 is 1. The van der Waals surface area contributed by atoms with E-state index >= 15 is 0 Å². The summed E-state index contributed by atoms with van der Waals surface area (Å²) in [7, 11) is 1.62. The minimum atomic E-state index is -0.00455. The number of carbonyl (C=O) groups excluding carboxylic acids is 1. The summed E-state index contributed by atoms with van der Waals surface area (Å²) in [5.41, 5.74) is 0.939. The molecule has 6 heteroatoms. The van der Waals surface area contributed by atoms with Crippen LogP contribution in [0.15, 0.2) is 42.6 Å². The Hall–Kier alpha value is -2.60. The molecule has 1 aromatic heterocycles. The highest BCUT2D eigenvalue weighted by molar-refractivity contribution is 5.77. The fourth-order valence-corrected chi connectivity index (χ4v) is 2.36. The maximum Gasteiger partial charge on any atom is 0.234 e. The van der Waals surface area contributed by atoms with Gasteiger partial charge in [0.05, 0.1) is 13.7 Å². The summed E-state index contributed by atoms with van der Waals surface area (Å²) in [6.07, 6.45) is 4.23. The van der Waals surface area contributed by atoms with Crippen molar-refractivity contribution in [2.75, 3.05) is 20.2 Å². The third-order valence-corrected chi connectivity index (χ3v) is 3.99. The molecule has 0 unspecified atom stereocenters. The standard InChI is InChI=1S/C19H23N3O3/c1-24-16-4-6-17(7-5-16)25-19-10-15(8-9-21-19)12-22-18(23)13-20-11-14-2-3-14/h4-10,14,20H,2-3,11-13H2,1H3,(H,22,23). The molecule has 0 spiro atoms. The van der Waals surface area contributed by atoms with E-state index in [0.717, 1.165) is 23.8 Å². The number of pyridine rings is 1. The number of hydrogen-bond acceptors (Lipinski definition) is 5. The van der Waals surface area contributed by atoms with Gasteiger partial charge < -0.3 is 20.1 Å². The van der Waals surface area contributed by atoms with Crippen LogP contribution in [-0.4, -0.2) is 31.1 Å². The van der Waals surface area contributed by atoms with Gasteiger partial charge in [-0.1, -0.05) is 0 Å². The second-order valence-electron chi connectivity index (χ2n) is 6.13. The zero-order valence-corrected chi connectivity index (χ0v) is 14.3.